The zero-order chi connectivity index (χ0) is 13.7. The van der Waals surface area contributed by atoms with Crippen LogP contribution in [-0.2, 0) is 4.74 Å². The molecule has 1 atom stereocenters. The maximum atomic E-state index is 5.66. The van der Waals surface area contributed by atoms with Gasteiger partial charge in [0.05, 0.1) is 12.6 Å². The fraction of sp³-hybridized carbons (Fsp3) is 0.727. The second-order valence-corrected chi connectivity index (χ2v) is 4.66. The van der Waals surface area contributed by atoms with E-state index in [4.69, 9.17) is 10.5 Å². The lowest BCUT2D eigenvalue weighted by Gasteiger charge is -2.22. The number of ether oxygens (including phenoxy) is 1. The van der Waals surface area contributed by atoms with Crippen molar-refractivity contribution in [3.63, 3.8) is 0 Å². The standard InChI is InChI=1S/C11H22N6O/c1-7(2)8(6-18-5)13-10-14-9(12)15-11(16-10)17(3)4/h7-8H,6H2,1-5H3,(H3,12,13,14,15,16). The molecule has 0 aliphatic carbocycles. The van der Waals surface area contributed by atoms with Gasteiger partial charge in [-0.05, 0) is 5.92 Å². The Hall–Kier alpha value is -1.63. The van der Waals surface area contributed by atoms with E-state index in [2.05, 4.69) is 34.1 Å². The van der Waals surface area contributed by atoms with E-state index in [0.717, 1.165) is 0 Å². The lowest BCUT2D eigenvalue weighted by molar-refractivity contribution is 0.171. The zero-order valence-electron chi connectivity index (χ0n) is 11.6. The first kappa shape index (κ1) is 14.4. The van der Waals surface area contributed by atoms with Crippen molar-refractivity contribution in [1.82, 2.24) is 15.0 Å². The van der Waals surface area contributed by atoms with Crippen LogP contribution in [0.5, 0.6) is 0 Å². The van der Waals surface area contributed by atoms with Crippen molar-refractivity contribution in [3.8, 4) is 0 Å². The lowest BCUT2D eigenvalue weighted by atomic mass is 10.1. The van der Waals surface area contributed by atoms with Gasteiger partial charge in [0.25, 0.3) is 0 Å². The largest absolute Gasteiger partial charge is 0.383 e. The Labute approximate surface area is 108 Å². The normalized spacial score (nSPS) is 12.6. The van der Waals surface area contributed by atoms with Gasteiger partial charge in [0, 0.05) is 21.2 Å². The Kier molecular flexibility index (Phi) is 5.08. The van der Waals surface area contributed by atoms with Gasteiger partial charge < -0.3 is 20.7 Å². The number of anilines is 3. The van der Waals surface area contributed by atoms with Crippen molar-refractivity contribution in [3.05, 3.63) is 0 Å². The topological polar surface area (TPSA) is 89.2 Å². The molecular formula is C11H22N6O. The van der Waals surface area contributed by atoms with Crippen LogP contribution in [0.1, 0.15) is 13.8 Å². The zero-order valence-corrected chi connectivity index (χ0v) is 11.6. The lowest BCUT2D eigenvalue weighted by Crippen LogP contribution is -2.31. The molecule has 0 saturated heterocycles. The molecule has 1 rings (SSSR count). The van der Waals surface area contributed by atoms with E-state index >= 15 is 0 Å². The minimum atomic E-state index is 0.131. The summed E-state index contributed by atoms with van der Waals surface area (Å²) in [5.74, 6) is 1.61. The van der Waals surface area contributed by atoms with Crippen LogP contribution in [-0.4, -0.2) is 48.8 Å². The summed E-state index contributed by atoms with van der Waals surface area (Å²) in [4.78, 5) is 14.2. The number of hydrogen-bond donors (Lipinski definition) is 2. The van der Waals surface area contributed by atoms with E-state index in [1.165, 1.54) is 0 Å². The van der Waals surface area contributed by atoms with Gasteiger partial charge in [0.1, 0.15) is 0 Å². The van der Waals surface area contributed by atoms with Crippen molar-refractivity contribution < 1.29 is 4.74 Å². The summed E-state index contributed by atoms with van der Waals surface area (Å²) in [5, 5.41) is 3.22. The molecule has 0 fully saturated rings. The van der Waals surface area contributed by atoms with Crippen LogP contribution in [0.25, 0.3) is 0 Å². The maximum absolute atomic E-state index is 5.66. The molecule has 0 spiro atoms. The number of nitrogens with two attached hydrogens (primary N) is 1. The fourth-order valence-electron chi connectivity index (χ4n) is 1.39. The van der Waals surface area contributed by atoms with Crippen LogP contribution in [0, 0.1) is 5.92 Å². The molecular weight excluding hydrogens is 232 g/mol. The molecule has 18 heavy (non-hydrogen) atoms. The van der Waals surface area contributed by atoms with Crippen LogP contribution >= 0.6 is 0 Å². The van der Waals surface area contributed by atoms with Gasteiger partial charge in [-0.2, -0.15) is 15.0 Å². The Morgan fingerprint density at radius 3 is 2.44 bits per heavy atom. The summed E-state index contributed by atoms with van der Waals surface area (Å²) in [5.41, 5.74) is 5.66. The van der Waals surface area contributed by atoms with Crippen LogP contribution < -0.4 is 16.0 Å². The summed E-state index contributed by atoms with van der Waals surface area (Å²) in [7, 11) is 5.38. The van der Waals surface area contributed by atoms with E-state index in [1.54, 1.807) is 12.0 Å². The highest BCUT2D eigenvalue weighted by molar-refractivity contribution is 5.41. The summed E-state index contributed by atoms with van der Waals surface area (Å²) < 4.78 is 5.17. The molecule has 0 saturated carbocycles. The molecule has 7 heteroatoms. The molecule has 1 heterocycles. The van der Waals surface area contributed by atoms with Gasteiger partial charge in [0.15, 0.2) is 0 Å². The van der Waals surface area contributed by atoms with Gasteiger partial charge in [-0.15, -0.1) is 0 Å². The highest BCUT2D eigenvalue weighted by Gasteiger charge is 2.15. The first-order chi connectivity index (χ1) is 8.43. The first-order valence-corrected chi connectivity index (χ1v) is 5.88. The minimum absolute atomic E-state index is 0.131. The molecule has 1 aromatic heterocycles. The van der Waals surface area contributed by atoms with E-state index in [0.29, 0.717) is 24.4 Å². The number of nitrogens with one attached hydrogen (secondary N) is 1. The van der Waals surface area contributed by atoms with Crippen LogP contribution in [0.3, 0.4) is 0 Å². The number of methoxy groups -OCH3 is 1. The Balaban J connectivity index is 2.88. The summed E-state index contributed by atoms with van der Waals surface area (Å²) in [6.45, 7) is 4.79. The van der Waals surface area contributed by atoms with Gasteiger partial charge in [0.2, 0.25) is 17.8 Å². The number of rotatable bonds is 6. The Bertz CT molecular complexity index is 382. The molecule has 7 nitrogen and oxygen atoms in total. The van der Waals surface area contributed by atoms with Crippen molar-refractivity contribution in [2.75, 3.05) is 43.8 Å². The van der Waals surface area contributed by atoms with E-state index in [1.807, 2.05) is 14.1 Å². The summed E-state index contributed by atoms with van der Waals surface area (Å²) in [6, 6.07) is 0.131. The summed E-state index contributed by atoms with van der Waals surface area (Å²) in [6.07, 6.45) is 0. The van der Waals surface area contributed by atoms with E-state index < -0.39 is 0 Å². The molecule has 0 aliphatic heterocycles. The Morgan fingerprint density at radius 2 is 1.94 bits per heavy atom. The smallest absolute Gasteiger partial charge is 0.231 e. The number of nitrogen functional groups attached to an aromatic ring is 1. The van der Waals surface area contributed by atoms with Gasteiger partial charge in [-0.3, -0.25) is 0 Å². The second-order valence-electron chi connectivity index (χ2n) is 4.66. The van der Waals surface area contributed by atoms with E-state index in [-0.39, 0.29) is 12.0 Å². The molecule has 1 aromatic rings. The highest BCUT2D eigenvalue weighted by atomic mass is 16.5. The van der Waals surface area contributed by atoms with Crippen LogP contribution in [0.2, 0.25) is 0 Å². The van der Waals surface area contributed by atoms with Gasteiger partial charge in [-0.1, -0.05) is 13.8 Å². The maximum Gasteiger partial charge on any atom is 0.231 e. The second kappa shape index (κ2) is 6.34. The minimum Gasteiger partial charge on any atom is -0.383 e. The third kappa shape index (κ3) is 3.99. The number of hydrogen-bond acceptors (Lipinski definition) is 7. The number of aromatic nitrogens is 3. The molecule has 0 aromatic carbocycles. The third-order valence-corrected chi connectivity index (χ3v) is 2.51. The number of nitrogens with zero attached hydrogens (tertiary/aromatic N) is 4. The van der Waals surface area contributed by atoms with Crippen molar-refractivity contribution in [2.45, 2.75) is 19.9 Å². The molecule has 1 unspecified atom stereocenters. The molecule has 0 aliphatic rings. The van der Waals surface area contributed by atoms with Crippen LogP contribution in [0.4, 0.5) is 17.8 Å². The van der Waals surface area contributed by atoms with Crippen molar-refractivity contribution in [2.24, 2.45) is 5.92 Å². The summed E-state index contributed by atoms with van der Waals surface area (Å²) >= 11 is 0. The highest BCUT2D eigenvalue weighted by Crippen LogP contribution is 2.13. The predicted octanol–water partition coefficient (Wildman–Crippen LogP) is 0.603. The average Bonchev–Trinajstić information content (AvgIpc) is 2.27. The molecule has 0 amide bonds. The molecule has 3 N–H and O–H groups in total. The monoisotopic (exact) mass is 254 g/mol. The van der Waals surface area contributed by atoms with E-state index in [9.17, 15) is 0 Å². The van der Waals surface area contributed by atoms with Crippen molar-refractivity contribution in [1.29, 1.82) is 0 Å². The predicted molar refractivity (Wildman–Crippen MR) is 72.7 cm³/mol. The first-order valence-electron chi connectivity index (χ1n) is 5.88. The van der Waals surface area contributed by atoms with Crippen molar-refractivity contribution >= 4 is 17.8 Å². The molecule has 0 bridgehead atoms. The Morgan fingerprint density at radius 1 is 1.28 bits per heavy atom. The average molecular weight is 254 g/mol. The molecule has 0 radical (unpaired) electrons. The van der Waals surface area contributed by atoms with Gasteiger partial charge in [-0.25, -0.2) is 0 Å². The SMILES string of the molecule is COCC(Nc1nc(N)nc(N(C)C)n1)C(C)C. The van der Waals surface area contributed by atoms with Gasteiger partial charge >= 0.3 is 0 Å². The fourth-order valence-corrected chi connectivity index (χ4v) is 1.39. The molecule has 102 valence electrons. The quantitative estimate of drug-likeness (QED) is 0.768. The third-order valence-electron chi connectivity index (χ3n) is 2.51. The van der Waals surface area contributed by atoms with Crippen LogP contribution in [0.15, 0.2) is 0 Å².